The normalized spacial score (nSPS) is 16.0. The highest BCUT2D eigenvalue weighted by Crippen LogP contribution is 2.44. The molecule has 2 aromatic carbocycles. The van der Waals surface area contributed by atoms with Gasteiger partial charge in [0.15, 0.2) is 16.7 Å². The zero-order chi connectivity index (χ0) is 24.1. The number of anilines is 1. The predicted molar refractivity (Wildman–Crippen MR) is 125 cm³/mol. The van der Waals surface area contributed by atoms with Gasteiger partial charge in [-0.05, 0) is 60.9 Å². The minimum Gasteiger partial charge on any atom is -0.503 e. The van der Waals surface area contributed by atoms with E-state index in [2.05, 4.69) is 4.98 Å². The maximum Gasteiger partial charge on any atom is 0.296 e. The number of Topliss-reactive ketones (excluding diaryl/α,β-unsaturated/α-hetero) is 1. The van der Waals surface area contributed by atoms with Gasteiger partial charge in [0.2, 0.25) is 5.78 Å². The lowest BCUT2D eigenvalue weighted by atomic mass is 9.95. The molecular weight excluding hydrogens is 458 g/mol. The molecule has 3 heterocycles. The number of benzene rings is 2. The van der Waals surface area contributed by atoms with Gasteiger partial charge in [0.1, 0.15) is 0 Å². The first-order valence-electron chi connectivity index (χ1n) is 10.2. The number of carbonyl (C=O) groups excluding carboxylic acids is 2. The van der Waals surface area contributed by atoms with Crippen LogP contribution in [-0.4, -0.2) is 26.7 Å². The van der Waals surface area contributed by atoms with Crippen molar-refractivity contribution in [2.24, 2.45) is 0 Å². The first-order valence-corrected chi connectivity index (χ1v) is 11.0. The Bertz CT molecular complexity index is 1500. The first-order chi connectivity index (χ1) is 16.3. The van der Waals surface area contributed by atoms with Crippen LogP contribution in [0.5, 0.6) is 0 Å². The Hall–Kier alpha value is -4.31. The molecule has 170 valence electrons. The highest BCUT2D eigenvalue weighted by Gasteiger charge is 2.46. The molecule has 0 radical (unpaired) electrons. The lowest BCUT2D eigenvalue weighted by Gasteiger charge is -2.24. The Morgan fingerprint density at radius 2 is 1.94 bits per heavy atom. The molecule has 0 aliphatic carbocycles. The number of hydrogen-bond acceptors (Lipinski definition) is 8. The highest BCUT2D eigenvalue weighted by molar-refractivity contribution is 7.22. The summed E-state index contributed by atoms with van der Waals surface area (Å²) in [6, 6.07) is 11.3. The number of fused-ring (bicyclic) bond motifs is 1. The second-order valence-electron chi connectivity index (χ2n) is 7.92. The van der Waals surface area contributed by atoms with E-state index in [4.69, 9.17) is 4.42 Å². The van der Waals surface area contributed by atoms with Gasteiger partial charge in [-0.1, -0.05) is 17.4 Å². The van der Waals surface area contributed by atoms with E-state index in [9.17, 15) is 24.8 Å². The second kappa shape index (κ2) is 7.92. The molecule has 10 heteroatoms. The number of nitro groups is 1. The zero-order valence-electron chi connectivity index (χ0n) is 18.0. The molecule has 1 N–H and O–H groups in total. The number of nitro benzene ring substituents is 1. The quantitative estimate of drug-likeness (QED) is 0.239. The van der Waals surface area contributed by atoms with E-state index in [1.165, 1.54) is 58.9 Å². The molecule has 0 saturated carbocycles. The summed E-state index contributed by atoms with van der Waals surface area (Å²) in [6.45, 7) is 3.88. The van der Waals surface area contributed by atoms with E-state index in [0.717, 1.165) is 15.8 Å². The molecule has 1 amide bonds. The fourth-order valence-corrected chi connectivity index (χ4v) is 5.30. The van der Waals surface area contributed by atoms with Crippen LogP contribution in [0.25, 0.3) is 10.2 Å². The number of aryl methyl sites for hydroxylation is 2. The third kappa shape index (κ3) is 3.35. The number of rotatable bonds is 5. The summed E-state index contributed by atoms with van der Waals surface area (Å²) in [5.41, 5.74) is 2.77. The summed E-state index contributed by atoms with van der Waals surface area (Å²) in [5.74, 6) is -2.20. The van der Waals surface area contributed by atoms with Crippen LogP contribution in [0.4, 0.5) is 10.8 Å². The number of non-ortho nitro benzene ring substituents is 1. The molecule has 1 aliphatic rings. The largest absolute Gasteiger partial charge is 0.503 e. The van der Waals surface area contributed by atoms with Crippen molar-refractivity contribution in [2.45, 2.75) is 19.9 Å². The molecule has 4 aromatic rings. The first kappa shape index (κ1) is 21.5. The van der Waals surface area contributed by atoms with E-state index < -0.39 is 28.4 Å². The number of aliphatic hydroxyl groups is 1. The maximum absolute atomic E-state index is 13.3. The number of nitrogens with zero attached hydrogens (tertiary/aromatic N) is 3. The lowest BCUT2D eigenvalue weighted by Crippen LogP contribution is -2.30. The van der Waals surface area contributed by atoms with Gasteiger partial charge in [0, 0.05) is 12.1 Å². The third-order valence-corrected chi connectivity index (χ3v) is 6.64. The van der Waals surface area contributed by atoms with Gasteiger partial charge in [-0.25, -0.2) is 4.98 Å². The molecule has 34 heavy (non-hydrogen) atoms. The van der Waals surface area contributed by atoms with Crippen LogP contribution >= 0.6 is 11.3 Å². The van der Waals surface area contributed by atoms with Gasteiger partial charge in [-0.2, -0.15) is 0 Å². The van der Waals surface area contributed by atoms with Crippen molar-refractivity contribution < 1.29 is 24.0 Å². The third-order valence-electron chi connectivity index (χ3n) is 5.64. The van der Waals surface area contributed by atoms with Crippen molar-refractivity contribution in [2.75, 3.05) is 4.90 Å². The average Bonchev–Trinajstić information content (AvgIpc) is 3.53. The van der Waals surface area contributed by atoms with Crippen LogP contribution in [0, 0.1) is 24.0 Å². The molecule has 0 spiro atoms. The number of aliphatic hydroxyl groups excluding tert-OH is 1. The SMILES string of the molecule is Cc1cc(C)c2nc(N3C(=O)C(O)=C(C(=O)c4ccco4)[C@@H]3c3ccc([N+](=O)[O-])cc3)sc2c1. The summed E-state index contributed by atoms with van der Waals surface area (Å²) >= 11 is 1.26. The molecule has 5 rings (SSSR count). The van der Waals surface area contributed by atoms with Crippen LogP contribution < -0.4 is 4.90 Å². The molecule has 0 saturated heterocycles. The van der Waals surface area contributed by atoms with Gasteiger partial charge in [0.05, 0.1) is 33.0 Å². The Morgan fingerprint density at radius 1 is 1.21 bits per heavy atom. The molecule has 2 aromatic heterocycles. The van der Waals surface area contributed by atoms with Crippen molar-refractivity contribution in [3.63, 3.8) is 0 Å². The molecule has 1 atom stereocenters. The average molecular weight is 475 g/mol. The van der Waals surface area contributed by atoms with Crippen molar-refractivity contribution in [1.82, 2.24) is 4.98 Å². The fraction of sp³-hybridized carbons (Fsp3) is 0.125. The van der Waals surface area contributed by atoms with E-state index in [-0.39, 0.29) is 17.0 Å². The number of thiazole rings is 1. The molecule has 9 nitrogen and oxygen atoms in total. The van der Waals surface area contributed by atoms with Crippen molar-refractivity contribution in [3.05, 3.63) is 98.7 Å². The van der Waals surface area contributed by atoms with Crippen molar-refractivity contribution in [3.8, 4) is 0 Å². The standard InChI is InChI=1S/C24H17N3O6S/c1-12-10-13(2)19-17(11-12)34-24(25-19)26-20(14-5-7-15(8-6-14)27(31)32)18(22(29)23(26)30)21(28)16-4-3-9-33-16/h3-11,20,29H,1-2H3/t20-/m0/s1. The maximum atomic E-state index is 13.3. The van der Waals surface area contributed by atoms with Crippen LogP contribution in [0.2, 0.25) is 0 Å². The number of furan rings is 1. The highest BCUT2D eigenvalue weighted by atomic mass is 32.1. The van der Waals surface area contributed by atoms with Gasteiger partial charge >= 0.3 is 0 Å². The lowest BCUT2D eigenvalue weighted by molar-refractivity contribution is -0.384. The smallest absolute Gasteiger partial charge is 0.296 e. The number of hydrogen-bond donors (Lipinski definition) is 1. The molecular formula is C24H17N3O6S. The van der Waals surface area contributed by atoms with E-state index in [1.54, 1.807) is 0 Å². The summed E-state index contributed by atoms with van der Waals surface area (Å²) in [6.07, 6.45) is 1.32. The van der Waals surface area contributed by atoms with Crippen LogP contribution in [-0.2, 0) is 4.79 Å². The molecule has 0 fully saturated rings. The fourth-order valence-electron chi connectivity index (χ4n) is 4.13. The van der Waals surface area contributed by atoms with Crippen LogP contribution in [0.1, 0.15) is 33.3 Å². The Balaban J connectivity index is 1.69. The van der Waals surface area contributed by atoms with Crippen molar-refractivity contribution in [1.29, 1.82) is 0 Å². The molecule has 0 bridgehead atoms. The Labute approximate surface area is 196 Å². The van der Waals surface area contributed by atoms with Gasteiger partial charge in [-0.15, -0.1) is 0 Å². The minimum absolute atomic E-state index is 0.0427. The van der Waals surface area contributed by atoms with E-state index >= 15 is 0 Å². The summed E-state index contributed by atoms with van der Waals surface area (Å²) < 4.78 is 6.07. The minimum atomic E-state index is -1.05. The Kier molecular flexibility index (Phi) is 5.02. The van der Waals surface area contributed by atoms with Gasteiger partial charge in [-0.3, -0.25) is 24.6 Å². The monoisotopic (exact) mass is 475 g/mol. The Morgan fingerprint density at radius 3 is 2.59 bits per heavy atom. The number of ketones is 1. The van der Waals surface area contributed by atoms with Crippen LogP contribution in [0.15, 0.2) is 70.5 Å². The second-order valence-corrected chi connectivity index (χ2v) is 8.93. The summed E-state index contributed by atoms with van der Waals surface area (Å²) in [5, 5.41) is 22.2. The number of amides is 1. The van der Waals surface area contributed by atoms with Gasteiger partial charge < -0.3 is 9.52 Å². The van der Waals surface area contributed by atoms with E-state index in [0.29, 0.717) is 16.2 Å². The summed E-state index contributed by atoms with van der Waals surface area (Å²) in [4.78, 5) is 43.0. The predicted octanol–water partition coefficient (Wildman–Crippen LogP) is 5.20. The molecule has 1 aliphatic heterocycles. The zero-order valence-corrected chi connectivity index (χ0v) is 18.8. The van der Waals surface area contributed by atoms with Gasteiger partial charge in [0.25, 0.3) is 11.6 Å². The number of aromatic nitrogens is 1. The topological polar surface area (TPSA) is 127 Å². The van der Waals surface area contributed by atoms with Crippen LogP contribution in [0.3, 0.4) is 0 Å². The van der Waals surface area contributed by atoms with E-state index in [1.807, 2.05) is 26.0 Å². The van der Waals surface area contributed by atoms with Crippen molar-refractivity contribution >= 4 is 44.1 Å². The number of carbonyl (C=O) groups is 2. The molecule has 0 unspecified atom stereocenters. The summed E-state index contributed by atoms with van der Waals surface area (Å²) in [7, 11) is 0.